The van der Waals surface area contributed by atoms with Crippen LogP contribution in [0.5, 0.6) is 0 Å². The van der Waals surface area contributed by atoms with Gasteiger partial charge in [-0.15, -0.1) is 0 Å². The third-order valence-electron chi connectivity index (χ3n) is 3.74. The monoisotopic (exact) mass is 383 g/mol. The second-order valence-electron chi connectivity index (χ2n) is 5.54. The number of hydrogen-bond acceptors (Lipinski definition) is 7. The molecule has 0 aliphatic carbocycles. The van der Waals surface area contributed by atoms with Crippen LogP contribution in [0.4, 0.5) is 5.69 Å². The van der Waals surface area contributed by atoms with Gasteiger partial charge in [0.05, 0.1) is 17.6 Å². The summed E-state index contributed by atoms with van der Waals surface area (Å²) in [6.45, 7) is 0. The molecule has 3 aromatic rings. The second-order valence-corrected chi connectivity index (χ2v) is 5.54. The molecule has 3 rings (SSSR count). The first kappa shape index (κ1) is 18.6. The Morgan fingerprint density at radius 3 is 2.68 bits per heavy atom. The number of methoxy groups -OCH3 is 1. The van der Waals surface area contributed by atoms with Crippen LogP contribution in [0.15, 0.2) is 50.4 Å². The third-order valence-corrected chi connectivity index (χ3v) is 3.74. The smallest absolute Gasteiger partial charge is 0.357 e. The van der Waals surface area contributed by atoms with E-state index in [1.165, 1.54) is 19.3 Å². The first-order valence-corrected chi connectivity index (χ1v) is 7.86. The zero-order chi connectivity index (χ0) is 20.3. The lowest BCUT2D eigenvalue weighted by molar-refractivity contribution is -0.386. The van der Waals surface area contributed by atoms with Crippen LogP contribution in [0.3, 0.4) is 0 Å². The average molecular weight is 383 g/mol. The molecule has 0 bridgehead atoms. The lowest BCUT2D eigenvalue weighted by Crippen LogP contribution is -2.25. The molecular formula is C18H13N3O7. The van der Waals surface area contributed by atoms with Gasteiger partial charge in [0.25, 0.3) is 0 Å². The van der Waals surface area contributed by atoms with E-state index in [9.17, 15) is 24.5 Å². The number of esters is 1. The highest BCUT2D eigenvalue weighted by atomic mass is 16.6. The Hall–Kier alpha value is -4.21. The Bertz CT molecular complexity index is 1200. The summed E-state index contributed by atoms with van der Waals surface area (Å²) < 4.78 is 10.3. The highest BCUT2D eigenvalue weighted by Crippen LogP contribution is 2.24. The van der Waals surface area contributed by atoms with Gasteiger partial charge in [-0.2, -0.15) is 0 Å². The summed E-state index contributed by atoms with van der Waals surface area (Å²) in [6, 6.07) is 9.83. The van der Waals surface area contributed by atoms with Crippen molar-refractivity contribution >= 4 is 23.8 Å². The lowest BCUT2D eigenvalue weighted by atomic mass is 10.1. The van der Waals surface area contributed by atoms with Crippen molar-refractivity contribution in [2.45, 2.75) is 0 Å². The predicted molar refractivity (Wildman–Crippen MR) is 98.7 cm³/mol. The molecule has 0 fully saturated rings. The van der Waals surface area contributed by atoms with E-state index in [0.717, 1.165) is 0 Å². The minimum Gasteiger partial charge on any atom is -0.465 e. The maximum Gasteiger partial charge on any atom is 0.357 e. The van der Waals surface area contributed by atoms with E-state index in [0.29, 0.717) is 22.6 Å². The van der Waals surface area contributed by atoms with Gasteiger partial charge < -0.3 is 14.1 Å². The van der Waals surface area contributed by atoms with E-state index in [4.69, 9.17) is 4.42 Å². The van der Waals surface area contributed by atoms with E-state index in [1.54, 1.807) is 41.4 Å². The SMILES string of the molecule is COC(=O)c1cccc(-c2ccc(/C=C/c3[nH]c(=O)[nH]c(=O)c3[N+](=O)[O-])o2)c1. The second kappa shape index (κ2) is 7.58. The Morgan fingerprint density at radius 1 is 1.18 bits per heavy atom. The minimum atomic E-state index is -1.10. The number of rotatable bonds is 5. The normalized spacial score (nSPS) is 10.9. The molecule has 10 heteroatoms. The first-order valence-electron chi connectivity index (χ1n) is 7.86. The lowest BCUT2D eigenvalue weighted by Gasteiger charge is -2.01. The fourth-order valence-corrected chi connectivity index (χ4v) is 2.48. The molecule has 0 amide bonds. The highest BCUT2D eigenvalue weighted by Gasteiger charge is 2.19. The molecule has 10 nitrogen and oxygen atoms in total. The van der Waals surface area contributed by atoms with Gasteiger partial charge in [-0.05, 0) is 36.4 Å². The van der Waals surface area contributed by atoms with E-state index >= 15 is 0 Å². The van der Waals surface area contributed by atoms with Crippen molar-refractivity contribution in [3.8, 4) is 11.3 Å². The molecule has 1 aromatic carbocycles. The number of nitrogens with one attached hydrogen (secondary N) is 2. The van der Waals surface area contributed by atoms with Crippen molar-refractivity contribution in [1.29, 1.82) is 0 Å². The maximum absolute atomic E-state index is 11.6. The number of benzene rings is 1. The molecular weight excluding hydrogens is 370 g/mol. The average Bonchev–Trinajstić information content (AvgIpc) is 3.14. The van der Waals surface area contributed by atoms with Gasteiger partial charge >= 0.3 is 22.9 Å². The number of furan rings is 1. The fourth-order valence-electron chi connectivity index (χ4n) is 2.48. The third kappa shape index (κ3) is 3.80. The van der Waals surface area contributed by atoms with Crippen LogP contribution >= 0.6 is 0 Å². The molecule has 142 valence electrons. The van der Waals surface area contributed by atoms with E-state index in [1.807, 2.05) is 0 Å². The summed E-state index contributed by atoms with van der Waals surface area (Å²) >= 11 is 0. The number of nitro groups is 1. The van der Waals surface area contributed by atoms with Crippen molar-refractivity contribution in [1.82, 2.24) is 9.97 Å². The van der Waals surface area contributed by atoms with Gasteiger partial charge in [0.15, 0.2) is 0 Å². The van der Waals surface area contributed by atoms with Gasteiger partial charge in [-0.1, -0.05) is 12.1 Å². The van der Waals surface area contributed by atoms with Crippen LogP contribution in [0.1, 0.15) is 21.8 Å². The number of aromatic nitrogens is 2. The molecule has 0 unspecified atom stereocenters. The summed E-state index contributed by atoms with van der Waals surface area (Å²) in [4.78, 5) is 48.7. The van der Waals surface area contributed by atoms with Crippen molar-refractivity contribution in [2.75, 3.05) is 7.11 Å². The molecule has 0 saturated heterocycles. The van der Waals surface area contributed by atoms with Crippen molar-refractivity contribution in [3.63, 3.8) is 0 Å². The predicted octanol–water partition coefficient (Wildman–Crippen LogP) is 2.19. The Labute approximate surface area is 156 Å². The summed E-state index contributed by atoms with van der Waals surface area (Å²) in [5, 5.41) is 11.0. The molecule has 2 aromatic heterocycles. The van der Waals surface area contributed by atoms with Crippen LogP contribution in [-0.2, 0) is 4.74 Å². The number of nitrogens with zero attached hydrogens (tertiary/aromatic N) is 1. The quantitative estimate of drug-likeness (QED) is 0.390. The van der Waals surface area contributed by atoms with Crippen LogP contribution < -0.4 is 11.2 Å². The highest BCUT2D eigenvalue weighted by molar-refractivity contribution is 5.90. The molecule has 2 N–H and O–H groups in total. The van der Waals surface area contributed by atoms with Crippen molar-refractivity contribution in [3.05, 3.63) is 84.4 Å². The van der Waals surface area contributed by atoms with Crippen LogP contribution in [0.25, 0.3) is 23.5 Å². The van der Waals surface area contributed by atoms with Crippen LogP contribution in [0.2, 0.25) is 0 Å². The van der Waals surface area contributed by atoms with Crippen molar-refractivity contribution < 1.29 is 18.9 Å². The molecule has 0 aliphatic heterocycles. The van der Waals surface area contributed by atoms with Gasteiger partial charge in [0.1, 0.15) is 17.2 Å². The van der Waals surface area contributed by atoms with Crippen LogP contribution in [-0.4, -0.2) is 28.0 Å². The summed E-state index contributed by atoms with van der Waals surface area (Å²) in [6.07, 6.45) is 2.56. The zero-order valence-corrected chi connectivity index (χ0v) is 14.4. The van der Waals surface area contributed by atoms with Gasteiger partial charge in [0, 0.05) is 5.56 Å². The van der Waals surface area contributed by atoms with E-state index in [2.05, 4.69) is 9.72 Å². The molecule has 0 atom stereocenters. The number of hydrogen-bond donors (Lipinski definition) is 2. The number of carbonyl (C=O) groups excluding carboxylic acids is 1. The summed E-state index contributed by atoms with van der Waals surface area (Å²) in [5.74, 6) is 0.271. The molecule has 0 spiro atoms. The van der Waals surface area contributed by atoms with Gasteiger partial charge in [-0.25, -0.2) is 9.59 Å². The summed E-state index contributed by atoms with van der Waals surface area (Å²) in [7, 11) is 1.28. The molecule has 0 saturated carbocycles. The number of aromatic amines is 2. The molecule has 0 radical (unpaired) electrons. The maximum atomic E-state index is 11.6. The molecule has 0 aliphatic rings. The first-order chi connectivity index (χ1) is 13.4. The molecule has 2 heterocycles. The Morgan fingerprint density at radius 2 is 1.96 bits per heavy atom. The minimum absolute atomic E-state index is 0.260. The number of carbonyl (C=O) groups is 1. The van der Waals surface area contributed by atoms with Gasteiger partial charge in [0.2, 0.25) is 0 Å². The Balaban J connectivity index is 1.93. The van der Waals surface area contributed by atoms with E-state index in [-0.39, 0.29) is 5.69 Å². The number of ether oxygens (including phenoxy) is 1. The zero-order valence-electron chi connectivity index (χ0n) is 14.4. The number of H-pyrrole nitrogens is 2. The van der Waals surface area contributed by atoms with E-state index < -0.39 is 27.8 Å². The standard InChI is InChI=1S/C18H13N3O7/c1-27-17(23)11-4-2-3-10(9-11)14-8-6-12(28-14)5-7-13-15(21(25)26)16(22)20-18(24)19-13/h2-9H,1H3,(H2,19,20,22,24)/b7-5+. The van der Waals surface area contributed by atoms with Gasteiger partial charge in [-0.3, -0.25) is 19.9 Å². The van der Waals surface area contributed by atoms with Crippen molar-refractivity contribution in [2.24, 2.45) is 0 Å². The summed E-state index contributed by atoms with van der Waals surface area (Å²) in [5.41, 5.74) is -2.04. The fraction of sp³-hybridized carbons (Fsp3) is 0.0556. The Kier molecular flexibility index (Phi) is 5.03. The van der Waals surface area contributed by atoms with Crippen LogP contribution in [0, 0.1) is 10.1 Å². The molecule has 28 heavy (non-hydrogen) atoms. The largest absolute Gasteiger partial charge is 0.465 e. The topological polar surface area (TPSA) is 148 Å².